The van der Waals surface area contributed by atoms with Crippen LogP contribution in [0.15, 0.2) is 36.5 Å². The fourth-order valence-corrected chi connectivity index (χ4v) is 5.22. The standard InChI is InChI=1S/C22H22FN5O3S/c1-12-25-26-21-22(2,3)24-15-11-17(31-4)18(19(23)20(15)28(12)21)14-7-6-8-16-13(14)9-10-27(16)32(5,29)30/h6-11,24H,1-5H3. The zero-order valence-electron chi connectivity index (χ0n) is 18.3. The summed E-state index contributed by atoms with van der Waals surface area (Å²) in [5.41, 5.74) is 1.52. The molecule has 0 radical (unpaired) electrons. The average molecular weight is 456 g/mol. The molecule has 0 bridgehead atoms. The Balaban J connectivity index is 1.86. The molecule has 166 valence electrons. The van der Waals surface area contributed by atoms with E-state index in [0.717, 1.165) is 6.26 Å². The van der Waals surface area contributed by atoms with E-state index in [0.29, 0.717) is 45.2 Å². The van der Waals surface area contributed by atoms with Crippen molar-refractivity contribution in [2.75, 3.05) is 18.7 Å². The molecule has 0 fully saturated rings. The number of anilines is 1. The van der Waals surface area contributed by atoms with Crippen molar-refractivity contribution in [1.82, 2.24) is 18.7 Å². The van der Waals surface area contributed by atoms with Crippen molar-refractivity contribution in [3.63, 3.8) is 0 Å². The minimum Gasteiger partial charge on any atom is -0.496 e. The minimum absolute atomic E-state index is 0.239. The van der Waals surface area contributed by atoms with Gasteiger partial charge in [0.05, 0.1) is 35.7 Å². The van der Waals surface area contributed by atoms with E-state index in [2.05, 4.69) is 15.5 Å². The molecule has 32 heavy (non-hydrogen) atoms. The molecule has 0 saturated heterocycles. The molecule has 0 amide bonds. The van der Waals surface area contributed by atoms with Gasteiger partial charge in [-0.25, -0.2) is 16.8 Å². The van der Waals surface area contributed by atoms with Gasteiger partial charge in [-0.3, -0.25) is 4.57 Å². The number of methoxy groups -OCH3 is 1. The van der Waals surface area contributed by atoms with Crippen LogP contribution >= 0.6 is 0 Å². The van der Waals surface area contributed by atoms with Crippen molar-refractivity contribution in [2.24, 2.45) is 0 Å². The quantitative estimate of drug-likeness (QED) is 0.505. The molecule has 10 heteroatoms. The monoisotopic (exact) mass is 455 g/mol. The van der Waals surface area contributed by atoms with Crippen LogP contribution in [0, 0.1) is 12.7 Å². The topological polar surface area (TPSA) is 91.0 Å². The summed E-state index contributed by atoms with van der Waals surface area (Å²) in [6.07, 6.45) is 2.60. The Morgan fingerprint density at radius 1 is 1.19 bits per heavy atom. The predicted molar refractivity (Wildman–Crippen MR) is 120 cm³/mol. The van der Waals surface area contributed by atoms with Crippen LogP contribution in [0.3, 0.4) is 0 Å². The van der Waals surface area contributed by atoms with E-state index in [4.69, 9.17) is 4.74 Å². The molecule has 0 aliphatic carbocycles. The summed E-state index contributed by atoms with van der Waals surface area (Å²) in [6, 6.07) is 8.57. The third-order valence-corrected chi connectivity index (χ3v) is 6.84. The van der Waals surface area contributed by atoms with Crippen molar-refractivity contribution in [2.45, 2.75) is 26.3 Å². The predicted octanol–water partition coefficient (Wildman–Crippen LogP) is 3.81. The molecule has 1 aliphatic rings. The Labute approximate surface area is 184 Å². The molecule has 0 spiro atoms. The van der Waals surface area contributed by atoms with E-state index < -0.39 is 21.4 Å². The third-order valence-electron chi connectivity index (χ3n) is 5.80. The van der Waals surface area contributed by atoms with Gasteiger partial charge < -0.3 is 10.1 Å². The lowest BCUT2D eigenvalue weighted by Gasteiger charge is -2.34. The Bertz CT molecular complexity index is 1520. The largest absolute Gasteiger partial charge is 0.496 e. The number of benzene rings is 2. The van der Waals surface area contributed by atoms with Gasteiger partial charge in [0.25, 0.3) is 0 Å². The molecule has 0 saturated carbocycles. The number of rotatable bonds is 3. The molecule has 1 N–H and O–H groups in total. The summed E-state index contributed by atoms with van der Waals surface area (Å²) in [4.78, 5) is 0. The zero-order valence-corrected chi connectivity index (χ0v) is 19.1. The molecular weight excluding hydrogens is 433 g/mol. The minimum atomic E-state index is -3.52. The van der Waals surface area contributed by atoms with Crippen molar-refractivity contribution >= 4 is 26.6 Å². The van der Waals surface area contributed by atoms with Crippen LogP contribution in [0.4, 0.5) is 10.1 Å². The highest BCUT2D eigenvalue weighted by atomic mass is 32.2. The lowest BCUT2D eigenvalue weighted by atomic mass is 9.95. The zero-order chi connectivity index (χ0) is 23.0. The molecule has 0 atom stereocenters. The maximum atomic E-state index is 16.3. The lowest BCUT2D eigenvalue weighted by Crippen LogP contribution is -2.36. The normalized spacial score (nSPS) is 14.7. The Hall–Kier alpha value is -3.40. The third kappa shape index (κ3) is 2.75. The van der Waals surface area contributed by atoms with Gasteiger partial charge in [0.2, 0.25) is 10.0 Å². The van der Waals surface area contributed by atoms with Crippen LogP contribution in [0.1, 0.15) is 25.5 Å². The lowest BCUT2D eigenvalue weighted by molar-refractivity contribution is 0.412. The fraction of sp³-hybridized carbons (Fsp3) is 0.273. The number of hydrogen-bond acceptors (Lipinski definition) is 6. The average Bonchev–Trinajstić information content (AvgIpc) is 3.32. The summed E-state index contributed by atoms with van der Waals surface area (Å²) in [6.45, 7) is 5.67. The van der Waals surface area contributed by atoms with Gasteiger partial charge in [0.1, 0.15) is 17.3 Å². The van der Waals surface area contributed by atoms with Gasteiger partial charge in [0.15, 0.2) is 11.6 Å². The number of nitrogens with zero attached hydrogens (tertiary/aromatic N) is 4. The highest BCUT2D eigenvalue weighted by Crippen LogP contribution is 2.46. The molecule has 3 heterocycles. The molecule has 0 unspecified atom stereocenters. The number of aryl methyl sites for hydroxylation is 1. The number of fused-ring (bicyclic) bond motifs is 4. The molecule has 2 aromatic heterocycles. The molecule has 4 aromatic rings. The first-order valence-electron chi connectivity index (χ1n) is 9.97. The first-order chi connectivity index (χ1) is 15.0. The molecule has 2 aromatic carbocycles. The van der Waals surface area contributed by atoms with E-state index in [-0.39, 0.29) is 5.56 Å². The van der Waals surface area contributed by atoms with Crippen LogP contribution < -0.4 is 10.1 Å². The molecule has 1 aliphatic heterocycles. The number of ether oxygens (including phenoxy) is 1. The van der Waals surface area contributed by atoms with E-state index in [1.165, 1.54) is 17.3 Å². The van der Waals surface area contributed by atoms with Crippen LogP contribution in [-0.4, -0.2) is 40.5 Å². The van der Waals surface area contributed by atoms with E-state index >= 15 is 4.39 Å². The number of halogens is 1. The Morgan fingerprint density at radius 2 is 1.94 bits per heavy atom. The van der Waals surface area contributed by atoms with Crippen LogP contribution in [0.2, 0.25) is 0 Å². The van der Waals surface area contributed by atoms with E-state index in [9.17, 15) is 8.42 Å². The fourth-order valence-electron chi connectivity index (χ4n) is 4.42. The van der Waals surface area contributed by atoms with Gasteiger partial charge in [0, 0.05) is 17.6 Å². The van der Waals surface area contributed by atoms with Gasteiger partial charge in [-0.2, -0.15) is 0 Å². The van der Waals surface area contributed by atoms with E-state index in [1.54, 1.807) is 41.8 Å². The molecular formula is C22H22FN5O3S. The maximum absolute atomic E-state index is 16.3. The van der Waals surface area contributed by atoms with Crippen molar-refractivity contribution in [1.29, 1.82) is 0 Å². The van der Waals surface area contributed by atoms with Crippen LogP contribution in [-0.2, 0) is 15.6 Å². The summed E-state index contributed by atoms with van der Waals surface area (Å²) >= 11 is 0. The van der Waals surface area contributed by atoms with Gasteiger partial charge in [-0.1, -0.05) is 12.1 Å². The first kappa shape index (κ1) is 20.5. The Kier molecular flexibility index (Phi) is 4.20. The SMILES string of the molecule is COc1cc2c(c(F)c1-c1cccc3c1ccn3S(C)(=O)=O)-n1c(C)nnc1C(C)(C)N2. The number of hydrogen-bond donors (Lipinski definition) is 1. The molecule has 5 rings (SSSR count). The summed E-state index contributed by atoms with van der Waals surface area (Å²) in [5, 5.41) is 12.4. The summed E-state index contributed by atoms with van der Waals surface area (Å²) < 4.78 is 49.2. The van der Waals surface area contributed by atoms with E-state index in [1.807, 2.05) is 13.8 Å². The van der Waals surface area contributed by atoms with Crippen LogP contribution in [0.25, 0.3) is 27.7 Å². The van der Waals surface area contributed by atoms with Gasteiger partial charge >= 0.3 is 0 Å². The second-order valence-electron chi connectivity index (χ2n) is 8.43. The maximum Gasteiger partial charge on any atom is 0.236 e. The number of aromatic nitrogens is 4. The van der Waals surface area contributed by atoms with Crippen LogP contribution in [0.5, 0.6) is 5.75 Å². The summed E-state index contributed by atoms with van der Waals surface area (Å²) in [7, 11) is -2.03. The second kappa shape index (κ2) is 6.55. The van der Waals surface area contributed by atoms with Crippen molar-refractivity contribution in [3.05, 3.63) is 54.0 Å². The van der Waals surface area contributed by atoms with Crippen molar-refractivity contribution in [3.8, 4) is 22.6 Å². The molecule has 8 nitrogen and oxygen atoms in total. The highest BCUT2D eigenvalue weighted by Gasteiger charge is 2.37. The van der Waals surface area contributed by atoms with Gasteiger partial charge in [-0.15, -0.1) is 10.2 Å². The second-order valence-corrected chi connectivity index (χ2v) is 10.3. The first-order valence-corrected chi connectivity index (χ1v) is 11.8. The number of nitrogens with one attached hydrogen (secondary N) is 1. The van der Waals surface area contributed by atoms with Crippen molar-refractivity contribution < 1.29 is 17.5 Å². The summed E-state index contributed by atoms with van der Waals surface area (Å²) in [5.74, 6) is 0.982. The Morgan fingerprint density at radius 3 is 2.62 bits per heavy atom. The van der Waals surface area contributed by atoms with Gasteiger partial charge in [-0.05, 0) is 38.5 Å². The smallest absolute Gasteiger partial charge is 0.236 e. The highest BCUT2D eigenvalue weighted by molar-refractivity contribution is 7.89.